The predicted octanol–water partition coefficient (Wildman–Crippen LogP) is 1.79. The molecule has 0 saturated carbocycles. The molecular weight excluding hydrogens is 228 g/mol. The highest BCUT2D eigenvalue weighted by molar-refractivity contribution is 5.80. The second kappa shape index (κ2) is 7.10. The van der Waals surface area contributed by atoms with Crippen molar-refractivity contribution < 1.29 is 9.53 Å². The molecule has 0 spiro atoms. The summed E-state index contributed by atoms with van der Waals surface area (Å²) in [7, 11) is 1.46. The zero-order valence-corrected chi connectivity index (χ0v) is 12.3. The number of methoxy groups -OCH3 is 1. The van der Waals surface area contributed by atoms with Crippen molar-refractivity contribution in [2.24, 2.45) is 0 Å². The van der Waals surface area contributed by atoms with Gasteiger partial charge in [0.05, 0.1) is 7.11 Å². The van der Waals surface area contributed by atoms with Crippen molar-refractivity contribution in [2.45, 2.75) is 58.0 Å². The van der Waals surface area contributed by atoms with Crippen LogP contribution in [0.1, 0.15) is 46.5 Å². The quantitative estimate of drug-likeness (QED) is 0.736. The lowest BCUT2D eigenvalue weighted by atomic mass is 9.96. The molecule has 1 aliphatic rings. The van der Waals surface area contributed by atoms with Crippen LogP contribution in [0.3, 0.4) is 0 Å². The van der Waals surface area contributed by atoms with Gasteiger partial charge in [-0.1, -0.05) is 6.42 Å². The van der Waals surface area contributed by atoms with Crippen LogP contribution in [0.25, 0.3) is 0 Å². The summed E-state index contributed by atoms with van der Waals surface area (Å²) in [5.41, 5.74) is -0.569. The maximum atomic E-state index is 11.9. The van der Waals surface area contributed by atoms with Gasteiger partial charge in [0, 0.05) is 12.6 Å². The molecule has 1 heterocycles. The van der Waals surface area contributed by atoms with Crippen molar-refractivity contribution in [1.82, 2.24) is 10.2 Å². The minimum Gasteiger partial charge on any atom is -0.468 e. The van der Waals surface area contributed by atoms with Crippen molar-refractivity contribution >= 4 is 5.97 Å². The van der Waals surface area contributed by atoms with Crippen molar-refractivity contribution in [3.05, 3.63) is 0 Å². The number of carbonyl (C=O) groups is 1. The lowest BCUT2D eigenvalue weighted by Gasteiger charge is -2.34. The molecule has 1 saturated heterocycles. The largest absolute Gasteiger partial charge is 0.468 e. The maximum absolute atomic E-state index is 11.9. The van der Waals surface area contributed by atoms with Crippen LogP contribution in [0.4, 0.5) is 0 Å². The minimum absolute atomic E-state index is 0.159. The van der Waals surface area contributed by atoms with E-state index in [1.807, 2.05) is 6.92 Å². The third-order valence-electron chi connectivity index (χ3n) is 3.62. The number of hydrogen-bond donors (Lipinski definition) is 1. The minimum atomic E-state index is -0.569. The molecule has 0 radical (unpaired) electrons. The number of nitrogens with zero attached hydrogens (tertiary/aromatic N) is 1. The third kappa shape index (κ3) is 4.58. The van der Waals surface area contributed by atoms with Gasteiger partial charge in [-0.05, 0) is 53.1 Å². The predicted molar refractivity (Wildman–Crippen MR) is 73.6 cm³/mol. The Morgan fingerprint density at radius 3 is 2.44 bits per heavy atom. The number of ether oxygens (including phenoxy) is 1. The van der Waals surface area contributed by atoms with Crippen molar-refractivity contribution in [3.8, 4) is 0 Å². The Labute approximate surface area is 111 Å². The summed E-state index contributed by atoms with van der Waals surface area (Å²) in [5.74, 6) is -0.159. The van der Waals surface area contributed by atoms with Crippen LogP contribution in [0.2, 0.25) is 0 Å². The first-order valence-corrected chi connectivity index (χ1v) is 7.06. The summed E-state index contributed by atoms with van der Waals surface area (Å²) in [6.07, 6.45) is 4.71. The normalized spacial score (nSPS) is 20.7. The fourth-order valence-electron chi connectivity index (χ4n) is 2.66. The zero-order valence-electron chi connectivity index (χ0n) is 12.3. The molecule has 1 aliphatic heterocycles. The van der Waals surface area contributed by atoms with Gasteiger partial charge in [0.15, 0.2) is 0 Å². The van der Waals surface area contributed by atoms with E-state index in [4.69, 9.17) is 4.74 Å². The SMILES string of the molecule is COC(=O)C(C)(CCN1CCCCC1)NC(C)C. The Morgan fingerprint density at radius 1 is 1.33 bits per heavy atom. The van der Waals surface area contributed by atoms with E-state index in [0.29, 0.717) is 0 Å². The maximum Gasteiger partial charge on any atom is 0.325 e. The first-order chi connectivity index (χ1) is 8.48. The molecular formula is C14H28N2O2. The standard InChI is InChI=1S/C14H28N2O2/c1-12(2)15-14(3,13(17)18-4)8-11-16-9-6-5-7-10-16/h12,15H,5-11H2,1-4H3. The van der Waals surface area contributed by atoms with E-state index in [-0.39, 0.29) is 12.0 Å². The summed E-state index contributed by atoms with van der Waals surface area (Å²) in [4.78, 5) is 14.4. The van der Waals surface area contributed by atoms with Crippen LogP contribution in [0.15, 0.2) is 0 Å². The highest BCUT2D eigenvalue weighted by atomic mass is 16.5. The fraction of sp³-hybridized carbons (Fsp3) is 0.929. The van der Waals surface area contributed by atoms with Crippen LogP contribution in [0, 0.1) is 0 Å². The van der Waals surface area contributed by atoms with Crippen molar-refractivity contribution in [1.29, 1.82) is 0 Å². The van der Waals surface area contributed by atoms with E-state index in [9.17, 15) is 4.79 Å². The summed E-state index contributed by atoms with van der Waals surface area (Å²) >= 11 is 0. The number of piperidine rings is 1. The molecule has 0 bridgehead atoms. The van der Waals surface area contributed by atoms with E-state index in [1.54, 1.807) is 0 Å². The van der Waals surface area contributed by atoms with Gasteiger partial charge in [-0.15, -0.1) is 0 Å². The molecule has 18 heavy (non-hydrogen) atoms. The average Bonchev–Trinajstić information content (AvgIpc) is 2.36. The number of carbonyl (C=O) groups excluding carboxylic acids is 1. The van der Waals surface area contributed by atoms with E-state index in [1.165, 1.54) is 39.5 Å². The Bertz CT molecular complexity index is 263. The second-order valence-electron chi connectivity index (χ2n) is 5.78. The van der Waals surface area contributed by atoms with Crippen LogP contribution in [-0.4, -0.2) is 49.2 Å². The van der Waals surface area contributed by atoms with E-state index < -0.39 is 5.54 Å². The van der Waals surface area contributed by atoms with Gasteiger partial charge >= 0.3 is 5.97 Å². The average molecular weight is 256 g/mol. The number of nitrogens with one attached hydrogen (secondary N) is 1. The lowest BCUT2D eigenvalue weighted by Crippen LogP contribution is -2.54. The van der Waals surface area contributed by atoms with Gasteiger partial charge < -0.3 is 9.64 Å². The molecule has 1 N–H and O–H groups in total. The van der Waals surface area contributed by atoms with Gasteiger partial charge in [-0.3, -0.25) is 10.1 Å². The number of esters is 1. The monoisotopic (exact) mass is 256 g/mol. The smallest absolute Gasteiger partial charge is 0.325 e. The molecule has 4 heteroatoms. The first-order valence-electron chi connectivity index (χ1n) is 7.06. The Hall–Kier alpha value is -0.610. The number of likely N-dealkylation sites (tertiary alicyclic amines) is 1. The Balaban J connectivity index is 2.52. The molecule has 1 atom stereocenters. The second-order valence-corrected chi connectivity index (χ2v) is 5.78. The summed E-state index contributed by atoms with van der Waals surface area (Å²) in [6, 6.07) is 0.274. The first kappa shape index (κ1) is 15.4. The van der Waals surface area contributed by atoms with Crippen LogP contribution >= 0.6 is 0 Å². The topological polar surface area (TPSA) is 41.6 Å². The van der Waals surface area contributed by atoms with Crippen LogP contribution in [-0.2, 0) is 9.53 Å². The highest BCUT2D eigenvalue weighted by Crippen LogP contribution is 2.16. The lowest BCUT2D eigenvalue weighted by molar-refractivity contribution is -0.148. The van der Waals surface area contributed by atoms with E-state index >= 15 is 0 Å². The molecule has 0 aliphatic carbocycles. The molecule has 4 nitrogen and oxygen atoms in total. The zero-order chi connectivity index (χ0) is 13.6. The fourth-order valence-corrected chi connectivity index (χ4v) is 2.66. The van der Waals surface area contributed by atoms with Gasteiger partial charge in [0.25, 0.3) is 0 Å². The van der Waals surface area contributed by atoms with Gasteiger partial charge in [0.1, 0.15) is 5.54 Å². The van der Waals surface area contributed by atoms with Gasteiger partial charge in [0.2, 0.25) is 0 Å². The van der Waals surface area contributed by atoms with Crippen molar-refractivity contribution in [3.63, 3.8) is 0 Å². The molecule has 1 rings (SSSR count). The van der Waals surface area contributed by atoms with Gasteiger partial charge in [-0.2, -0.15) is 0 Å². The van der Waals surface area contributed by atoms with E-state index in [2.05, 4.69) is 24.1 Å². The van der Waals surface area contributed by atoms with Crippen LogP contribution in [0.5, 0.6) is 0 Å². The molecule has 0 aromatic carbocycles. The molecule has 106 valence electrons. The summed E-state index contributed by atoms with van der Waals surface area (Å²) < 4.78 is 4.94. The van der Waals surface area contributed by atoms with Crippen molar-refractivity contribution in [2.75, 3.05) is 26.7 Å². The molecule has 0 aromatic heterocycles. The summed E-state index contributed by atoms with van der Waals surface area (Å²) in [6.45, 7) is 9.36. The van der Waals surface area contributed by atoms with Crippen LogP contribution < -0.4 is 5.32 Å². The molecule has 1 unspecified atom stereocenters. The third-order valence-corrected chi connectivity index (χ3v) is 3.62. The van der Waals surface area contributed by atoms with Gasteiger partial charge in [-0.25, -0.2) is 0 Å². The number of rotatable bonds is 6. The van der Waals surface area contributed by atoms with E-state index in [0.717, 1.165) is 13.0 Å². The Morgan fingerprint density at radius 2 is 1.94 bits per heavy atom. The Kier molecular flexibility index (Phi) is 6.09. The molecule has 0 amide bonds. The molecule has 0 aromatic rings. The highest BCUT2D eigenvalue weighted by Gasteiger charge is 2.34. The number of hydrogen-bond acceptors (Lipinski definition) is 4. The molecule has 1 fully saturated rings. The summed E-state index contributed by atoms with van der Waals surface area (Å²) in [5, 5.41) is 3.35.